The Hall–Kier alpha value is -3.46. The van der Waals surface area contributed by atoms with Crippen molar-refractivity contribution in [2.75, 3.05) is 18.9 Å². The number of aliphatic hydroxyl groups excluding tert-OH is 1. The number of carbonyl (C=O) groups is 1. The lowest BCUT2D eigenvalue weighted by atomic mass is 10.1. The molecule has 0 atom stereocenters. The normalized spacial score (nSPS) is 11.3. The molecule has 0 saturated carbocycles. The van der Waals surface area contributed by atoms with Crippen LogP contribution in [0.1, 0.15) is 12.7 Å². The Morgan fingerprint density at radius 1 is 1.37 bits per heavy atom. The third-order valence-corrected chi connectivity index (χ3v) is 4.41. The molecule has 0 saturated heterocycles. The van der Waals surface area contributed by atoms with Gasteiger partial charge in [-0.25, -0.2) is 14.6 Å². The van der Waals surface area contributed by atoms with Crippen LogP contribution in [0.25, 0.3) is 27.6 Å². The van der Waals surface area contributed by atoms with Crippen molar-refractivity contribution in [1.82, 2.24) is 29.6 Å². The Bertz CT molecular complexity index is 1120. The molecule has 1 amide bonds. The largest absolute Gasteiger partial charge is 0.395 e. The number of aliphatic hydroxyl groups is 1. The minimum atomic E-state index is -0.135. The summed E-state index contributed by atoms with van der Waals surface area (Å²) in [5, 5.41) is 14.2. The molecule has 0 fully saturated rings. The third-order valence-electron chi connectivity index (χ3n) is 4.41. The minimum Gasteiger partial charge on any atom is -0.395 e. The number of nitrogens with zero attached hydrogens (tertiary/aromatic N) is 5. The van der Waals surface area contributed by atoms with Gasteiger partial charge in [0.15, 0.2) is 0 Å². The van der Waals surface area contributed by atoms with Crippen LogP contribution in [-0.2, 0) is 11.3 Å². The van der Waals surface area contributed by atoms with Crippen LogP contribution in [0.4, 0.5) is 5.82 Å². The Labute approximate surface area is 154 Å². The summed E-state index contributed by atoms with van der Waals surface area (Å²) in [6.45, 7) is 1.86. The van der Waals surface area contributed by atoms with Gasteiger partial charge in [-0.2, -0.15) is 5.10 Å². The molecule has 0 spiro atoms. The maximum absolute atomic E-state index is 11.7. The van der Waals surface area contributed by atoms with Crippen LogP contribution in [0.2, 0.25) is 0 Å². The highest BCUT2D eigenvalue weighted by Crippen LogP contribution is 2.28. The lowest BCUT2D eigenvalue weighted by Gasteiger charge is -2.18. The molecule has 138 valence electrons. The van der Waals surface area contributed by atoms with Gasteiger partial charge in [0.25, 0.3) is 0 Å². The van der Waals surface area contributed by atoms with Crippen molar-refractivity contribution in [3.05, 3.63) is 42.5 Å². The number of hydrogen-bond donors (Lipinski definition) is 3. The molecule has 3 heterocycles. The van der Waals surface area contributed by atoms with Gasteiger partial charge in [-0.15, -0.1) is 0 Å². The lowest BCUT2D eigenvalue weighted by molar-refractivity contribution is -0.130. The number of hydrogen-bond acceptors (Lipinski definition) is 6. The van der Waals surface area contributed by atoms with E-state index in [-0.39, 0.29) is 25.6 Å². The topological polar surface area (TPSA) is 126 Å². The summed E-state index contributed by atoms with van der Waals surface area (Å²) in [6, 6.07) is 7.62. The number of nitrogens with one attached hydrogen (secondary N) is 1. The first-order valence-corrected chi connectivity index (χ1v) is 8.51. The monoisotopic (exact) mass is 365 g/mol. The van der Waals surface area contributed by atoms with Crippen LogP contribution in [0, 0.1) is 0 Å². The molecule has 27 heavy (non-hydrogen) atoms. The standard InChI is InChI=1S/C18H19N7O2/c1-11(27)24(7-8-26)10-15-22-16-13-4-3-12(25-6-2-5-20-25)9-14(13)21-18(19)17(16)23-15/h2-6,9,26H,7-8,10H2,1H3,(H2,19,21)(H,22,23). The summed E-state index contributed by atoms with van der Waals surface area (Å²) in [4.78, 5) is 25.5. The maximum Gasteiger partial charge on any atom is 0.219 e. The van der Waals surface area contributed by atoms with Gasteiger partial charge >= 0.3 is 0 Å². The summed E-state index contributed by atoms with van der Waals surface area (Å²) in [7, 11) is 0. The number of anilines is 1. The summed E-state index contributed by atoms with van der Waals surface area (Å²) >= 11 is 0. The quantitative estimate of drug-likeness (QED) is 0.488. The predicted molar refractivity (Wildman–Crippen MR) is 101 cm³/mol. The SMILES string of the molecule is CC(=O)N(CCO)Cc1nc2c([nH]1)c(N)nc1cc(-n3cccn3)ccc12. The number of carbonyl (C=O) groups excluding carboxylic acids is 1. The molecular weight excluding hydrogens is 346 g/mol. The molecule has 3 aromatic heterocycles. The van der Waals surface area contributed by atoms with E-state index in [2.05, 4.69) is 20.1 Å². The van der Waals surface area contributed by atoms with Crippen molar-refractivity contribution < 1.29 is 9.90 Å². The molecule has 9 heteroatoms. The van der Waals surface area contributed by atoms with Crippen molar-refractivity contribution in [2.45, 2.75) is 13.5 Å². The van der Waals surface area contributed by atoms with Gasteiger partial charge < -0.3 is 20.7 Å². The molecule has 4 N–H and O–H groups in total. The molecule has 0 aliphatic heterocycles. The van der Waals surface area contributed by atoms with Crippen molar-refractivity contribution >= 4 is 33.7 Å². The van der Waals surface area contributed by atoms with E-state index in [1.807, 2.05) is 30.5 Å². The number of benzene rings is 1. The molecule has 0 radical (unpaired) electrons. The fraction of sp³-hybridized carbons (Fsp3) is 0.222. The number of fused-ring (bicyclic) bond motifs is 3. The van der Waals surface area contributed by atoms with Crippen molar-refractivity contribution in [3.63, 3.8) is 0 Å². The van der Waals surface area contributed by atoms with E-state index in [9.17, 15) is 4.79 Å². The Morgan fingerprint density at radius 2 is 2.22 bits per heavy atom. The summed E-state index contributed by atoms with van der Waals surface area (Å²) in [6.07, 6.45) is 3.57. The van der Waals surface area contributed by atoms with Crippen LogP contribution in [0.15, 0.2) is 36.7 Å². The molecule has 4 aromatic rings. The van der Waals surface area contributed by atoms with Crippen LogP contribution >= 0.6 is 0 Å². The van der Waals surface area contributed by atoms with E-state index < -0.39 is 0 Å². The summed E-state index contributed by atoms with van der Waals surface area (Å²) < 4.78 is 1.75. The smallest absolute Gasteiger partial charge is 0.219 e. The fourth-order valence-corrected chi connectivity index (χ4v) is 3.09. The number of imidazole rings is 1. The zero-order chi connectivity index (χ0) is 19.0. The number of H-pyrrole nitrogens is 1. The van der Waals surface area contributed by atoms with Gasteiger partial charge in [0, 0.05) is 31.2 Å². The van der Waals surface area contributed by atoms with E-state index in [4.69, 9.17) is 10.8 Å². The maximum atomic E-state index is 11.7. The second kappa shape index (κ2) is 6.69. The van der Waals surface area contributed by atoms with Gasteiger partial charge in [-0.05, 0) is 24.3 Å². The van der Waals surface area contributed by atoms with Gasteiger partial charge in [0.2, 0.25) is 5.91 Å². The highest BCUT2D eigenvalue weighted by Gasteiger charge is 2.16. The van der Waals surface area contributed by atoms with Crippen LogP contribution in [0.5, 0.6) is 0 Å². The molecule has 1 aromatic carbocycles. The number of aromatic amines is 1. The van der Waals surface area contributed by atoms with Crippen LogP contribution in [0.3, 0.4) is 0 Å². The van der Waals surface area contributed by atoms with Gasteiger partial charge in [-0.3, -0.25) is 4.79 Å². The molecule has 0 aliphatic rings. The number of amides is 1. The number of nitrogen functional groups attached to an aromatic ring is 1. The number of rotatable bonds is 5. The number of pyridine rings is 1. The van der Waals surface area contributed by atoms with Crippen LogP contribution in [-0.4, -0.2) is 53.8 Å². The van der Waals surface area contributed by atoms with Gasteiger partial charge in [-0.1, -0.05) is 0 Å². The molecule has 4 rings (SSSR count). The van der Waals surface area contributed by atoms with Gasteiger partial charge in [0.1, 0.15) is 22.7 Å². The Morgan fingerprint density at radius 3 is 2.93 bits per heavy atom. The molecule has 9 nitrogen and oxygen atoms in total. The second-order valence-electron chi connectivity index (χ2n) is 6.22. The van der Waals surface area contributed by atoms with Crippen molar-refractivity contribution in [2.24, 2.45) is 0 Å². The predicted octanol–water partition coefficient (Wildman–Crippen LogP) is 1.22. The molecule has 0 unspecified atom stereocenters. The second-order valence-corrected chi connectivity index (χ2v) is 6.22. The van der Waals surface area contributed by atoms with E-state index in [0.717, 1.165) is 11.1 Å². The molecule has 0 bridgehead atoms. The minimum absolute atomic E-state index is 0.108. The fourth-order valence-electron chi connectivity index (χ4n) is 3.09. The van der Waals surface area contributed by atoms with Crippen LogP contribution < -0.4 is 5.73 Å². The first kappa shape index (κ1) is 17.0. The zero-order valence-corrected chi connectivity index (χ0v) is 14.8. The average molecular weight is 365 g/mol. The lowest BCUT2D eigenvalue weighted by Crippen LogP contribution is -2.31. The summed E-state index contributed by atoms with van der Waals surface area (Å²) in [5.41, 5.74) is 9.05. The van der Waals surface area contributed by atoms with Crippen molar-refractivity contribution in [3.8, 4) is 5.69 Å². The van der Waals surface area contributed by atoms with Crippen molar-refractivity contribution in [1.29, 1.82) is 0 Å². The zero-order valence-electron chi connectivity index (χ0n) is 14.8. The number of aromatic nitrogens is 5. The first-order valence-electron chi connectivity index (χ1n) is 8.51. The average Bonchev–Trinajstić information content (AvgIpc) is 3.31. The number of nitrogens with two attached hydrogens (primary N) is 1. The third kappa shape index (κ3) is 3.08. The molecule has 0 aliphatic carbocycles. The van der Waals surface area contributed by atoms with E-state index in [1.54, 1.807) is 10.9 Å². The highest BCUT2D eigenvalue weighted by atomic mass is 16.3. The first-order chi connectivity index (χ1) is 13.1. The Kier molecular flexibility index (Phi) is 4.21. The Balaban J connectivity index is 1.79. The van der Waals surface area contributed by atoms with Gasteiger partial charge in [0.05, 0.1) is 24.4 Å². The molecular formula is C18H19N7O2. The summed E-state index contributed by atoms with van der Waals surface area (Å²) in [5.74, 6) is 0.792. The van der Waals surface area contributed by atoms with E-state index >= 15 is 0 Å². The van der Waals surface area contributed by atoms with E-state index in [1.165, 1.54) is 11.8 Å². The van der Waals surface area contributed by atoms with E-state index in [0.29, 0.717) is 28.2 Å². The highest BCUT2D eigenvalue weighted by molar-refractivity contribution is 6.06.